The summed E-state index contributed by atoms with van der Waals surface area (Å²) in [5.41, 5.74) is 3.67. The van der Waals surface area contributed by atoms with E-state index in [1.54, 1.807) is 6.26 Å². The predicted molar refractivity (Wildman–Crippen MR) is 110 cm³/mol. The highest BCUT2D eigenvalue weighted by Gasteiger charge is 2.18. The molecule has 1 aliphatic rings. The van der Waals surface area contributed by atoms with Crippen LogP contribution in [-0.4, -0.2) is 21.6 Å². The van der Waals surface area contributed by atoms with E-state index < -0.39 is 0 Å². The molecule has 2 aromatic heterocycles. The maximum atomic E-state index is 5.35. The zero-order valence-electron chi connectivity index (χ0n) is 15.1. The van der Waals surface area contributed by atoms with E-state index >= 15 is 0 Å². The Morgan fingerprint density at radius 2 is 2.04 bits per heavy atom. The molecule has 3 aromatic rings. The fraction of sp³-hybridized carbons (Fsp3) is 0.250. The first-order valence-electron chi connectivity index (χ1n) is 8.92. The van der Waals surface area contributed by atoms with Crippen LogP contribution in [0, 0.1) is 6.92 Å². The van der Waals surface area contributed by atoms with Crippen molar-refractivity contribution in [1.29, 1.82) is 0 Å². The molecular weight excluding hydrogens is 358 g/mol. The fourth-order valence-electron chi connectivity index (χ4n) is 3.19. The van der Waals surface area contributed by atoms with Gasteiger partial charge in [0.1, 0.15) is 11.6 Å². The Balaban J connectivity index is 1.44. The molecule has 138 valence electrons. The number of nitrogens with zero attached hydrogens (tertiary/aromatic N) is 3. The van der Waals surface area contributed by atoms with E-state index in [4.69, 9.17) is 16.6 Å². The lowest BCUT2D eigenvalue weighted by molar-refractivity contribution is 0.503. The third-order valence-electron chi connectivity index (χ3n) is 4.52. The highest BCUT2D eigenvalue weighted by molar-refractivity contribution is 7.80. The van der Waals surface area contributed by atoms with Gasteiger partial charge in [-0.2, -0.15) is 4.98 Å². The van der Waals surface area contributed by atoms with Gasteiger partial charge in [0.15, 0.2) is 5.11 Å². The molecule has 0 saturated heterocycles. The van der Waals surface area contributed by atoms with Crippen molar-refractivity contribution in [3.05, 3.63) is 71.3 Å². The lowest BCUT2D eigenvalue weighted by Gasteiger charge is -2.30. The Morgan fingerprint density at radius 3 is 2.85 bits per heavy atom. The van der Waals surface area contributed by atoms with Crippen LogP contribution < -0.4 is 15.5 Å². The minimum Gasteiger partial charge on any atom is -0.467 e. The maximum Gasteiger partial charge on any atom is 0.231 e. The number of rotatable bonds is 4. The quantitative estimate of drug-likeness (QED) is 0.673. The number of aryl methyl sites for hydroxylation is 1. The van der Waals surface area contributed by atoms with Crippen LogP contribution in [0.15, 0.2) is 53.1 Å². The highest BCUT2D eigenvalue weighted by Crippen LogP contribution is 2.24. The summed E-state index contributed by atoms with van der Waals surface area (Å²) in [5.74, 6) is 2.23. The predicted octanol–water partition coefficient (Wildman–Crippen LogP) is 3.43. The van der Waals surface area contributed by atoms with E-state index in [-0.39, 0.29) is 0 Å². The Bertz CT molecular complexity index is 941. The molecule has 1 aromatic carbocycles. The highest BCUT2D eigenvalue weighted by atomic mass is 32.1. The van der Waals surface area contributed by atoms with Crippen molar-refractivity contribution in [2.75, 3.05) is 16.8 Å². The number of benzene rings is 1. The molecule has 1 aliphatic heterocycles. The van der Waals surface area contributed by atoms with E-state index in [0.717, 1.165) is 36.8 Å². The summed E-state index contributed by atoms with van der Waals surface area (Å²) in [7, 11) is 0. The molecule has 0 amide bonds. The average molecular weight is 379 g/mol. The second-order valence-corrected chi connectivity index (χ2v) is 6.93. The Kier molecular flexibility index (Phi) is 5.02. The van der Waals surface area contributed by atoms with Crippen molar-refractivity contribution in [3.63, 3.8) is 0 Å². The molecule has 0 saturated carbocycles. The number of furan rings is 1. The smallest absolute Gasteiger partial charge is 0.231 e. The molecule has 0 atom stereocenters. The SMILES string of the molecule is Cc1cc(N2CCc3ccccc3C2)nc(NC(=S)NCc2ccco2)n1. The van der Waals surface area contributed by atoms with E-state index in [0.29, 0.717) is 17.6 Å². The Labute approximate surface area is 163 Å². The fourth-order valence-corrected chi connectivity index (χ4v) is 3.35. The van der Waals surface area contributed by atoms with Gasteiger partial charge in [0.05, 0.1) is 12.8 Å². The normalized spacial score (nSPS) is 13.1. The van der Waals surface area contributed by atoms with E-state index in [2.05, 4.69) is 49.8 Å². The number of fused-ring (bicyclic) bond motifs is 1. The number of hydrogen-bond acceptors (Lipinski definition) is 5. The van der Waals surface area contributed by atoms with Crippen molar-refractivity contribution >= 4 is 29.1 Å². The molecule has 0 spiro atoms. The van der Waals surface area contributed by atoms with E-state index in [9.17, 15) is 0 Å². The summed E-state index contributed by atoms with van der Waals surface area (Å²) < 4.78 is 5.29. The Morgan fingerprint density at radius 1 is 1.19 bits per heavy atom. The molecule has 27 heavy (non-hydrogen) atoms. The van der Waals surface area contributed by atoms with Gasteiger partial charge >= 0.3 is 0 Å². The number of aromatic nitrogens is 2. The molecule has 3 heterocycles. The average Bonchev–Trinajstić information content (AvgIpc) is 3.19. The minimum absolute atomic E-state index is 0.465. The molecule has 0 radical (unpaired) electrons. The monoisotopic (exact) mass is 379 g/mol. The summed E-state index contributed by atoms with van der Waals surface area (Å²) in [5, 5.41) is 6.64. The number of anilines is 2. The zero-order chi connectivity index (χ0) is 18.6. The lowest BCUT2D eigenvalue weighted by Crippen LogP contribution is -2.32. The molecular formula is C20H21N5OS. The first-order chi connectivity index (χ1) is 13.2. The summed E-state index contributed by atoms with van der Waals surface area (Å²) in [6.07, 6.45) is 2.66. The second-order valence-electron chi connectivity index (χ2n) is 6.52. The number of thiocarbonyl (C=S) groups is 1. The van der Waals surface area contributed by atoms with Gasteiger partial charge in [-0.1, -0.05) is 24.3 Å². The van der Waals surface area contributed by atoms with Crippen LogP contribution in [0.4, 0.5) is 11.8 Å². The molecule has 0 bridgehead atoms. The largest absolute Gasteiger partial charge is 0.467 e. The summed E-state index contributed by atoms with van der Waals surface area (Å²) in [6.45, 7) is 4.27. The van der Waals surface area contributed by atoms with Gasteiger partial charge in [-0.05, 0) is 48.8 Å². The van der Waals surface area contributed by atoms with E-state index in [1.807, 2.05) is 25.1 Å². The van der Waals surface area contributed by atoms with Crippen LogP contribution in [0.3, 0.4) is 0 Å². The first-order valence-corrected chi connectivity index (χ1v) is 9.33. The van der Waals surface area contributed by atoms with Crippen LogP contribution in [0.5, 0.6) is 0 Å². The van der Waals surface area contributed by atoms with Gasteiger partial charge in [-0.3, -0.25) is 0 Å². The topological polar surface area (TPSA) is 66.2 Å². The maximum absolute atomic E-state index is 5.35. The van der Waals surface area contributed by atoms with Gasteiger partial charge in [-0.25, -0.2) is 4.98 Å². The Hall–Kier alpha value is -2.93. The van der Waals surface area contributed by atoms with Crippen molar-refractivity contribution in [3.8, 4) is 0 Å². The number of hydrogen-bond donors (Lipinski definition) is 2. The second kappa shape index (κ2) is 7.75. The third-order valence-corrected chi connectivity index (χ3v) is 4.77. The first kappa shape index (κ1) is 17.5. The number of nitrogens with one attached hydrogen (secondary N) is 2. The van der Waals surface area contributed by atoms with Crippen LogP contribution in [0.1, 0.15) is 22.6 Å². The van der Waals surface area contributed by atoms with Crippen molar-refractivity contribution < 1.29 is 4.42 Å². The molecule has 7 heteroatoms. The molecule has 6 nitrogen and oxygen atoms in total. The molecule has 2 N–H and O–H groups in total. The van der Waals surface area contributed by atoms with E-state index in [1.165, 1.54) is 11.1 Å². The van der Waals surface area contributed by atoms with Crippen molar-refractivity contribution in [2.45, 2.75) is 26.4 Å². The van der Waals surface area contributed by atoms with Crippen molar-refractivity contribution in [1.82, 2.24) is 15.3 Å². The minimum atomic E-state index is 0.465. The van der Waals surface area contributed by atoms with Gasteiger partial charge < -0.3 is 20.0 Å². The van der Waals surface area contributed by atoms with Gasteiger partial charge in [0.25, 0.3) is 0 Å². The standard InChI is InChI=1S/C20H21N5OS/c1-14-11-18(25-9-8-15-5-2-3-6-16(15)13-25)23-19(22-14)24-20(27)21-12-17-7-4-10-26-17/h2-7,10-11H,8-9,12-13H2,1H3,(H2,21,22,23,24,27). The summed E-state index contributed by atoms with van der Waals surface area (Å²) in [4.78, 5) is 11.4. The molecule has 4 rings (SSSR count). The zero-order valence-corrected chi connectivity index (χ0v) is 15.9. The van der Waals surface area contributed by atoms with Gasteiger partial charge in [-0.15, -0.1) is 0 Å². The van der Waals surface area contributed by atoms with Crippen LogP contribution in [0.25, 0.3) is 0 Å². The van der Waals surface area contributed by atoms with Crippen LogP contribution in [0.2, 0.25) is 0 Å². The lowest BCUT2D eigenvalue weighted by atomic mass is 10.00. The van der Waals surface area contributed by atoms with Crippen LogP contribution >= 0.6 is 12.2 Å². The van der Waals surface area contributed by atoms with Crippen LogP contribution in [-0.2, 0) is 19.5 Å². The molecule has 0 fully saturated rings. The molecule has 0 aliphatic carbocycles. The van der Waals surface area contributed by atoms with Gasteiger partial charge in [0.2, 0.25) is 5.95 Å². The van der Waals surface area contributed by atoms with Gasteiger partial charge in [0, 0.05) is 24.8 Å². The summed E-state index contributed by atoms with van der Waals surface area (Å²) in [6, 6.07) is 14.3. The summed E-state index contributed by atoms with van der Waals surface area (Å²) >= 11 is 5.35. The molecule has 0 unspecified atom stereocenters. The third kappa shape index (κ3) is 4.25. The van der Waals surface area contributed by atoms with Crippen molar-refractivity contribution in [2.24, 2.45) is 0 Å².